The number of hydrogen-bond acceptors (Lipinski definition) is 2. The van der Waals surface area contributed by atoms with Crippen LogP contribution in [0.5, 0.6) is 0 Å². The van der Waals surface area contributed by atoms with E-state index in [4.69, 9.17) is 0 Å². The summed E-state index contributed by atoms with van der Waals surface area (Å²) >= 11 is 0. The molecule has 0 bridgehead atoms. The summed E-state index contributed by atoms with van der Waals surface area (Å²) in [6.45, 7) is 5.04. The van der Waals surface area contributed by atoms with Gasteiger partial charge in [0, 0.05) is 32.0 Å². The standard InChI is InChI=1S/C13H20N2/c1-5-6-9-14-12-8-7-11(2)13(10-12)15(3)4/h5-8,10,14H,9H2,1-4H3/b6-5+. The Balaban J connectivity index is 2.78. The molecule has 1 rings (SSSR count). The average Bonchev–Trinajstić information content (AvgIpc) is 2.20. The molecule has 0 aliphatic rings. The van der Waals surface area contributed by atoms with Crippen molar-refractivity contribution < 1.29 is 0 Å². The molecular formula is C13H20N2. The van der Waals surface area contributed by atoms with Gasteiger partial charge in [-0.3, -0.25) is 0 Å². The Morgan fingerprint density at radius 2 is 2.07 bits per heavy atom. The normalized spacial score (nSPS) is 10.7. The largest absolute Gasteiger partial charge is 0.382 e. The number of anilines is 2. The van der Waals surface area contributed by atoms with Gasteiger partial charge >= 0.3 is 0 Å². The molecule has 0 unspecified atom stereocenters. The van der Waals surface area contributed by atoms with Crippen molar-refractivity contribution in [3.05, 3.63) is 35.9 Å². The Hall–Kier alpha value is -1.44. The van der Waals surface area contributed by atoms with Crippen molar-refractivity contribution in [3.63, 3.8) is 0 Å². The lowest BCUT2D eigenvalue weighted by molar-refractivity contribution is 1.11. The molecule has 0 aliphatic heterocycles. The summed E-state index contributed by atoms with van der Waals surface area (Å²) in [4.78, 5) is 2.14. The maximum absolute atomic E-state index is 3.35. The number of nitrogens with zero attached hydrogens (tertiary/aromatic N) is 1. The van der Waals surface area contributed by atoms with Gasteiger partial charge in [0.15, 0.2) is 0 Å². The van der Waals surface area contributed by atoms with Crippen LogP contribution in [-0.2, 0) is 0 Å². The summed E-state index contributed by atoms with van der Waals surface area (Å²) in [7, 11) is 4.14. The Kier molecular flexibility index (Phi) is 4.22. The van der Waals surface area contributed by atoms with Crippen molar-refractivity contribution in [1.82, 2.24) is 0 Å². The molecule has 2 heteroatoms. The first-order chi connectivity index (χ1) is 7.15. The third-order valence-corrected chi connectivity index (χ3v) is 2.35. The highest BCUT2D eigenvalue weighted by molar-refractivity contribution is 5.61. The Morgan fingerprint density at radius 3 is 2.67 bits per heavy atom. The van der Waals surface area contributed by atoms with Crippen LogP contribution in [0.15, 0.2) is 30.4 Å². The van der Waals surface area contributed by atoms with Crippen molar-refractivity contribution >= 4 is 11.4 Å². The maximum Gasteiger partial charge on any atom is 0.0411 e. The summed E-state index contributed by atoms with van der Waals surface area (Å²) in [6.07, 6.45) is 4.16. The van der Waals surface area contributed by atoms with Gasteiger partial charge < -0.3 is 10.2 Å². The van der Waals surface area contributed by atoms with E-state index >= 15 is 0 Å². The van der Waals surface area contributed by atoms with Crippen molar-refractivity contribution in [2.45, 2.75) is 13.8 Å². The van der Waals surface area contributed by atoms with Crippen LogP contribution in [-0.4, -0.2) is 20.6 Å². The lowest BCUT2D eigenvalue weighted by atomic mass is 10.1. The van der Waals surface area contributed by atoms with Crippen molar-refractivity contribution in [2.75, 3.05) is 30.9 Å². The van der Waals surface area contributed by atoms with Crippen LogP contribution in [0.3, 0.4) is 0 Å². The highest BCUT2D eigenvalue weighted by atomic mass is 15.1. The van der Waals surface area contributed by atoms with E-state index < -0.39 is 0 Å². The second kappa shape index (κ2) is 5.44. The Bertz CT molecular complexity index is 340. The van der Waals surface area contributed by atoms with Gasteiger partial charge in [-0.25, -0.2) is 0 Å². The lowest BCUT2D eigenvalue weighted by Gasteiger charge is -2.17. The minimum atomic E-state index is 0.881. The predicted molar refractivity (Wildman–Crippen MR) is 68.8 cm³/mol. The average molecular weight is 204 g/mol. The fourth-order valence-electron chi connectivity index (χ4n) is 1.50. The number of benzene rings is 1. The van der Waals surface area contributed by atoms with Gasteiger partial charge in [0.2, 0.25) is 0 Å². The lowest BCUT2D eigenvalue weighted by Crippen LogP contribution is -2.10. The van der Waals surface area contributed by atoms with E-state index in [9.17, 15) is 0 Å². The molecule has 0 fully saturated rings. The third-order valence-electron chi connectivity index (χ3n) is 2.35. The summed E-state index contributed by atoms with van der Waals surface area (Å²) in [5, 5.41) is 3.35. The topological polar surface area (TPSA) is 15.3 Å². The van der Waals surface area contributed by atoms with Crippen molar-refractivity contribution in [1.29, 1.82) is 0 Å². The zero-order chi connectivity index (χ0) is 11.3. The number of hydrogen-bond donors (Lipinski definition) is 1. The molecule has 2 nitrogen and oxygen atoms in total. The molecule has 0 saturated carbocycles. The Labute approximate surface area is 92.6 Å². The summed E-state index contributed by atoms with van der Waals surface area (Å²) in [5.41, 5.74) is 3.74. The minimum Gasteiger partial charge on any atom is -0.382 e. The SMILES string of the molecule is C/C=C/CNc1ccc(C)c(N(C)C)c1. The van der Waals surface area contributed by atoms with Gasteiger partial charge in [0.05, 0.1) is 0 Å². The van der Waals surface area contributed by atoms with Gasteiger partial charge in [-0.05, 0) is 31.5 Å². The second-order valence-corrected chi connectivity index (χ2v) is 3.85. The van der Waals surface area contributed by atoms with E-state index in [-0.39, 0.29) is 0 Å². The quantitative estimate of drug-likeness (QED) is 0.758. The van der Waals surface area contributed by atoms with Gasteiger partial charge in [-0.15, -0.1) is 0 Å². The van der Waals surface area contributed by atoms with Crippen LogP contribution in [0, 0.1) is 6.92 Å². The molecule has 1 N–H and O–H groups in total. The molecule has 1 aromatic carbocycles. The molecule has 0 saturated heterocycles. The molecule has 0 aliphatic carbocycles. The molecule has 0 heterocycles. The van der Waals surface area contributed by atoms with E-state index in [0.717, 1.165) is 6.54 Å². The van der Waals surface area contributed by atoms with Crippen molar-refractivity contribution in [3.8, 4) is 0 Å². The van der Waals surface area contributed by atoms with Crippen LogP contribution >= 0.6 is 0 Å². The van der Waals surface area contributed by atoms with E-state index in [1.165, 1.54) is 16.9 Å². The first kappa shape index (κ1) is 11.6. The predicted octanol–water partition coefficient (Wildman–Crippen LogP) is 3.05. The first-order valence-corrected chi connectivity index (χ1v) is 5.28. The fourth-order valence-corrected chi connectivity index (χ4v) is 1.50. The molecular weight excluding hydrogens is 184 g/mol. The molecule has 82 valence electrons. The molecule has 0 aromatic heterocycles. The molecule has 0 amide bonds. The van der Waals surface area contributed by atoms with E-state index in [1.807, 2.05) is 13.0 Å². The van der Waals surface area contributed by atoms with Crippen molar-refractivity contribution in [2.24, 2.45) is 0 Å². The summed E-state index contributed by atoms with van der Waals surface area (Å²) in [6, 6.07) is 6.44. The number of aryl methyl sites for hydroxylation is 1. The summed E-state index contributed by atoms with van der Waals surface area (Å²) in [5.74, 6) is 0. The van der Waals surface area contributed by atoms with Gasteiger partial charge in [0.1, 0.15) is 0 Å². The summed E-state index contributed by atoms with van der Waals surface area (Å²) < 4.78 is 0. The molecule has 0 spiro atoms. The minimum absolute atomic E-state index is 0.881. The smallest absolute Gasteiger partial charge is 0.0411 e. The number of allylic oxidation sites excluding steroid dienone is 1. The van der Waals surface area contributed by atoms with E-state index in [2.05, 4.69) is 55.5 Å². The molecule has 0 atom stereocenters. The maximum atomic E-state index is 3.35. The molecule has 1 aromatic rings. The van der Waals surface area contributed by atoms with Crippen LogP contribution in [0.2, 0.25) is 0 Å². The zero-order valence-corrected chi connectivity index (χ0v) is 10.0. The van der Waals surface area contributed by atoms with Crippen LogP contribution in [0.25, 0.3) is 0 Å². The highest BCUT2D eigenvalue weighted by Crippen LogP contribution is 2.22. The van der Waals surface area contributed by atoms with Gasteiger partial charge in [-0.2, -0.15) is 0 Å². The first-order valence-electron chi connectivity index (χ1n) is 5.28. The highest BCUT2D eigenvalue weighted by Gasteiger charge is 2.01. The van der Waals surface area contributed by atoms with Gasteiger partial charge in [-0.1, -0.05) is 18.2 Å². The van der Waals surface area contributed by atoms with Gasteiger partial charge in [0.25, 0.3) is 0 Å². The molecule has 15 heavy (non-hydrogen) atoms. The fraction of sp³-hybridized carbons (Fsp3) is 0.385. The zero-order valence-electron chi connectivity index (χ0n) is 10.0. The molecule has 0 radical (unpaired) electrons. The Morgan fingerprint density at radius 1 is 1.33 bits per heavy atom. The van der Waals surface area contributed by atoms with E-state index in [0.29, 0.717) is 0 Å². The second-order valence-electron chi connectivity index (χ2n) is 3.85. The van der Waals surface area contributed by atoms with E-state index in [1.54, 1.807) is 0 Å². The number of nitrogens with one attached hydrogen (secondary N) is 1. The van der Waals surface area contributed by atoms with Crippen LogP contribution in [0.4, 0.5) is 11.4 Å². The van der Waals surface area contributed by atoms with Crippen LogP contribution < -0.4 is 10.2 Å². The van der Waals surface area contributed by atoms with Crippen LogP contribution in [0.1, 0.15) is 12.5 Å². The monoisotopic (exact) mass is 204 g/mol. The number of rotatable bonds is 4. The third kappa shape index (κ3) is 3.31.